The third kappa shape index (κ3) is 4.41. The Labute approximate surface area is 107 Å². The average molecular weight is 251 g/mol. The van der Waals surface area contributed by atoms with Gasteiger partial charge in [0, 0.05) is 18.8 Å². The number of hydrogen-bond acceptors (Lipinski definition) is 2. The Hall–Kier alpha value is -1.61. The molecule has 3 nitrogen and oxygen atoms in total. The van der Waals surface area contributed by atoms with Crippen molar-refractivity contribution in [1.29, 1.82) is 0 Å². The number of Topliss-reactive ketones (excluding diaryl/α,β-unsaturated/α-hetero) is 1. The van der Waals surface area contributed by atoms with Crippen LogP contribution in [-0.2, 0) is 17.8 Å². The number of carbonyl (C=O) groups is 1. The number of benzene rings is 1. The largest absolute Gasteiger partial charge is 0.330 e. The summed E-state index contributed by atoms with van der Waals surface area (Å²) in [5.74, 6) is 0.238. The van der Waals surface area contributed by atoms with Gasteiger partial charge in [0.05, 0.1) is 12.9 Å². The predicted octanol–water partition coefficient (Wildman–Crippen LogP) is 2.51. The molecule has 0 unspecified atom stereocenters. The highest BCUT2D eigenvalue weighted by atomic mass is 35.5. The molecule has 0 saturated carbocycles. The molecule has 0 N–H and O–H groups in total. The van der Waals surface area contributed by atoms with Crippen LogP contribution >= 0.6 is 12.4 Å². The SMILES string of the molecule is Cl.O=C(CCc1ccccc1)Cn1ccnc1. The molecule has 2 rings (SSSR count). The summed E-state index contributed by atoms with van der Waals surface area (Å²) in [6.45, 7) is 0.423. The zero-order valence-corrected chi connectivity index (χ0v) is 10.3. The zero-order valence-electron chi connectivity index (χ0n) is 9.45. The Morgan fingerprint density at radius 2 is 2.00 bits per heavy atom. The molecular weight excluding hydrogens is 236 g/mol. The molecule has 0 radical (unpaired) electrons. The second-order valence-corrected chi connectivity index (χ2v) is 3.76. The Bertz CT molecular complexity index is 440. The van der Waals surface area contributed by atoms with Gasteiger partial charge in [-0.3, -0.25) is 4.79 Å². The van der Waals surface area contributed by atoms with E-state index in [1.165, 1.54) is 5.56 Å². The first kappa shape index (κ1) is 13.5. The first-order chi connectivity index (χ1) is 7.84. The van der Waals surface area contributed by atoms with E-state index >= 15 is 0 Å². The molecular formula is C13H15ClN2O. The number of aromatic nitrogens is 2. The first-order valence-electron chi connectivity index (χ1n) is 5.36. The molecule has 0 fully saturated rings. The number of carbonyl (C=O) groups excluding carboxylic acids is 1. The van der Waals surface area contributed by atoms with Gasteiger partial charge in [-0.15, -0.1) is 12.4 Å². The van der Waals surface area contributed by atoms with E-state index in [9.17, 15) is 4.79 Å². The van der Waals surface area contributed by atoms with Crippen molar-refractivity contribution in [2.45, 2.75) is 19.4 Å². The molecule has 0 aliphatic carbocycles. The van der Waals surface area contributed by atoms with Crippen LogP contribution in [0, 0.1) is 0 Å². The van der Waals surface area contributed by atoms with Crippen LogP contribution in [-0.4, -0.2) is 15.3 Å². The Balaban J connectivity index is 0.00000144. The summed E-state index contributed by atoms with van der Waals surface area (Å²) in [5, 5.41) is 0. The molecule has 0 saturated heterocycles. The maximum Gasteiger partial charge on any atom is 0.152 e. The lowest BCUT2D eigenvalue weighted by atomic mass is 10.1. The molecule has 0 bridgehead atoms. The minimum Gasteiger partial charge on any atom is -0.330 e. The Morgan fingerprint density at radius 1 is 1.24 bits per heavy atom. The fourth-order valence-corrected chi connectivity index (χ4v) is 1.59. The van der Waals surface area contributed by atoms with Crippen LogP contribution < -0.4 is 0 Å². The van der Waals surface area contributed by atoms with E-state index in [0.717, 1.165) is 6.42 Å². The average Bonchev–Trinajstić information content (AvgIpc) is 2.81. The maximum atomic E-state index is 11.6. The van der Waals surface area contributed by atoms with Gasteiger partial charge in [-0.2, -0.15) is 0 Å². The van der Waals surface area contributed by atoms with Crippen LogP contribution in [0.2, 0.25) is 0 Å². The van der Waals surface area contributed by atoms with Crippen molar-refractivity contribution in [3.05, 3.63) is 54.6 Å². The summed E-state index contributed by atoms with van der Waals surface area (Å²) in [6, 6.07) is 10.1. The lowest BCUT2D eigenvalue weighted by molar-refractivity contribution is -0.119. The summed E-state index contributed by atoms with van der Waals surface area (Å²) in [5.41, 5.74) is 1.21. The topological polar surface area (TPSA) is 34.9 Å². The molecule has 0 aliphatic rings. The number of halogens is 1. The summed E-state index contributed by atoms with van der Waals surface area (Å²) in [6.07, 6.45) is 6.56. The molecule has 90 valence electrons. The van der Waals surface area contributed by atoms with E-state index in [0.29, 0.717) is 13.0 Å². The van der Waals surface area contributed by atoms with Crippen LogP contribution in [0.3, 0.4) is 0 Å². The van der Waals surface area contributed by atoms with Crippen LogP contribution in [0.15, 0.2) is 49.1 Å². The van der Waals surface area contributed by atoms with E-state index in [1.807, 2.05) is 30.3 Å². The van der Waals surface area contributed by atoms with Gasteiger partial charge < -0.3 is 4.57 Å². The van der Waals surface area contributed by atoms with Gasteiger partial charge in [-0.1, -0.05) is 30.3 Å². The fourth-order valence-electron chi connectivity index (χ4n) is 1.59. The van der Waals surface area contributed by atoms with Gasteiger partial charge in [0.2, 0.25) is 0 Å². The highest BCUT2D eigenvalue weighted by Crippen LogP contribution is 2.03. The van der Waals surface area contributed by atoms with Gasteiger partial charge >= 0.3 is 0 Å². The second-order valence-electron chi connectivity index (χ2n) is 3.76. The van der Waals surface area contributed by atoms with Crippen LogP contribution in [0.5, 0.6) is 0 Å². The number of rotatable bonds is 5. The molecule has 1 aromatic carbocycles. The smallest absolute Gasteiger partial charge is 0.152 e. The summed E-state index contributed by atoms with van der Waals surface area (Å²) >= 11 is 0. The fraction of sp³-hybridized carbons (Fsp3) is 0.231. The number of nitrogens with zero attached hydrogens (tertiary/aromatic N) is 2. The van der Waals surface area contributed by atoms with Crippen molar-refractivity contribution < 1.29 is 4.79 Å². The zero-order chi connectivity index (χ0) is 11.2. The number of ketones is 1. The molecule has 4 heteroatoms. The number of aryl methyl sites for hydroxylation is 1. The van der Waals surface area contributed by atoms with Gasteiger partial charge in [0.1, 0.15) is 0 Å². The number of imidazole rings is 1. The van der Waals surface area contributed by atoms with Crippen molar-refractivity contribution in [3.63, 3.8) is 0 Å². The predicted molar refractivity (Wildman–Crippen MR) is 69.2 cm³/mol. The third-order valence-electron chi connectivity index (χ3n) is 2.45. The molecule has 2 aromatic rings. The monoisotopic (exact) mass is 250 g/mol. The van der Waals surface area contributed by atoms with Gasteiger partial charge in [0.15, 0.2) is 5.78 Å². The normalized spacial score (nSPS) is 9.65. The van der Waals surface area contributed by atoms with Crippen LogP contribution in [0.1, 0.15) is 12.0 Å². The molecule has 0 amide bonds. The van der Waals surface area contributed by atoms with Gasteiger partial charge in [-0.25, -0.2) is 4.98 Å². The Kier molecular flexibility index (Phi) is 5.43. The summed E-state index contributed by atoms with van der Waals surface area (Å²) in [7, 11) is 0. The minimum absolute atomic E-state index is 0. The van der Waals surface area contributed by atoms with Crippen LogP contribution in [0.4, 0.5) is 0 Å². The van der Waals surface area contributed by atoms with Crippen LogP contribution in [0.25, 0.3) is 0 Å². The summed E-state index contributed by atoms with van der Waals surface area (Å²) < 4.78 is 1.80. The van der Waals surface area contributed by atoms with E-state index < -0.39 is 0 Å². The van der Waals surface area contributed by atoms with Crippen molar-refractivity contribution in [1.82, 2.24) is 9.55 Å². The quantitative estimate of drug-likeness (QED) is 0.817. The van der Waals surface area contributed by atoms with Crippen molar-refractivity contribution in [2.24, 2.45) is 0 Å². The van der Waals surface area contributed by atoms with Crippen molar-refractivity contribution in [3.8, 4) is 0 Å². The standard InChI is InChI=1S/C13H14N2O.ClH/c16-13(10-15-9-8-14-11-15)7-6-12-4-2-1-3-5-12;/h1-5,8-9,11H,6-7,10H2;1H. The second kappa shape index (κ2) is 6.86. The number of hydrogen-bond donors (Lipinski definition) is 0. The lowest BCUT2D eigenvalue weighted by Gasteiger charge is -2.02. The first-order valence-corrected chi connectivity index (χ1v) is 5.36. The third-order valence-corrected chi connectivity index (χ3v) is 2.45. The van der Waals surface area contributed by atoms with E-state index in [-0.39, 0.29) is 18.2 Å². The highest BCUT2D eigenvalue weighted by molar-refractivity contribution is 5.85. The molecule has 0 atom stereocenters. The molecule has 17 heavy (non-hydrogen) atoms. The van der Waals surface area contributed by atoms with E-state index in [4.69, 9.17) is 0 Å². The van der Waals surface area contributed by atoms with Gasteiger partial charge in [0.25, 0.3) is 0 Å². The molecule has 0 spiro atoms. The highest BCUT2D eigenvalue weighted by Gasteiger charge is 2.03. The minimum atomic E-state index is 0. The van der Waals surface area contributed by atoms with Gasteiger partial charge in [-0.05, 0) is 12.0 Å². The molecule has 1 aromatic heterocycles. The maximum absolute atomic E-state index is 11.6. The van der Waals surface area contributed by atoms with Crippen molar-refractivity contribution >= 4 is 18.2 Å². The van der Waals surface area contributed by atoms with Crippen molar-refractivity contribution in [2.75, 3.05) is 0 Å². The van der Waals surface area contributed by atoms with E-state index in [2.05, 4.69) is 4.98 Å². The van der Waals surface area contributed by atoms with E-state index in [1.54, 1.807) is 23.3 Å². The molecule has 1 heterocycles. The Morgan fingerprint density at radius 3 is 2.65 bits per heavy atom. The lowest BCUT2D eigenvalue weighted by Crippen LogP contribution is -2.09. The molecule has 0 aliphatic heterocycles. The summed E-state index contributed by atoms with van der Waals surface area (Å²) in [4.78, 5) is 15.5.